The number of hydrogen-bond donors (Lipinski definition) is 1. The maximum atomic E-state index is 11.5. The highest BCUT2D eigenvalue weighted by molar-refractivity contribution is 7.90. The van der Waals surface area contributed by atoms with Crippen LogP contribution in [0, 0.1) is 11.3 Å². The van der Waals surface area contributed by atoms with Gasteiger partial charge in [0.05, 0.1) is 17.9 Å². The molecule has 1 N–H and O–H groups in total. The molecule has 0 heterocycles. The third kappa shape index (κ3) is 2.98. The van der Waals surface area contributed by atoms with Gasteiger partial charge in [-0.3, -0.25) is 0 Å². The lowest BCUT2D eigenvalue weighted by Gasteiger charge is -2.21. The van der Waals surface area contributed by atoms with Crippen LogP contribution in [-0.2, 0) is 10.0 Å². The zero-order valence-electron chi connectivity index (χ0n) is 7.49. The van der Waals surface area contributed by atoms with E-state index in [1.54, 1.807) is 6.07 Å². The molecule has 0 saturated heterocycles. The molecule has 1 aliphatic carbocycles. The van der Waals surface area contributed by atoms with Gasteiger partial charge in [-0.05, 0) is 12.8 Å². The van der Waals surface area contributed by atoms with Crippen molar-refractivity contribution in [3.8, 4) is 6.07 Å². The molecule has 0 aromatic carbocycles. The lowest BCUT2D eigenvalue weighted by atomic mass is 10.0. The van der Waals surface area contributed by atoms with Gasteiger partial charge in [0.15, 0.2) is 0 Å². The summed E-state index contributed by atoms with van der Waals surface area (Å²) in [4.78, 5) is 0. The van der Waals surface area contributed by atoms with Crippen LogP contribution in [0.1, 0.15) is 32.1 Å². The number of nitriles is 1. The Labute approximate surface area is 79.0 Å². The van der Waals surface area contributed by atoms with Crippen LogP contribution in [0.25, 0.3) is 0 Å². The molecule has 1 rings (SSSR count). The molecule has 0 radical (unpaired) electrons. The van der Waals surface area contributed by atoms with Gasteiger partial charge in [0.2, 0.25) is 10.0 Å². The van der Waals surface area contributed by atoms with E-state index in [9.17, 15) is 8.42 Å². The van der Waals surface area contributed by atoms with Crippen molar-refractivity contribution >= 4 is 10.0 Å². The summed E-state index contributed by atoms with van der Waals surface area (Å²) < 4.78 is 25.3. The molecule has 0 atom stereocenters. The Morgan fingerprint density at radius 2 is 1.92 bits per heavy atom. The normalized spacial score (nSPS) is 19.6. The van der Waals surface area contributed by atoms with Gasteiger partial charge in [0.1, 0.15) is 0 Å². The van der Waals surface area contributed by atoms with Gasteiger partial charge in [0, 0.05) is 0 Å². The summed E-state index contributed by atoms with van der Waals surface area (Å²) in [6.07, 6.45) is 4.57. The summed E-state index contributed by atoms with van der Waals surface area (Å²) in [5.41, 5.74) is 0. The number of nitrogens with one attached hydrogen (secondary N) is 1. The minimum absolute atomic E-state index is 0.112. The van der Waals surface area contributed by atoms with Gasteiger partial charge in [-0.2, -0.15) is 5.26 Å². The zero-order valence-corrected chi connectivity index (χ0v) is 8.31. The fourth-order valence-corrected chi connectivity index (χ4v) is 3.08. The zero-order chi connectivity index (χ0) is 9.73. The molecule has 4 nitrogen and oxygen atoms in total. The Morgan fingerprint density at radius 1 is 1.31 bits per heavy atom. The average molecular weight is 202 g/mol. The molecule has 13 heavy (non-hydrogen) atoms. The summed E-state index contributed by atoms with van der Waals surface area (Å²) >= 11 is 0. The minimum atomic E-state index is -3.22. The van der Waals surface area contributed by atoms with E-state index in [2.05, 4.69) is 4.72 Å². The minimum Gasteiger partial charge on any atom is -0.212 e. The molecular formula is C8H14N2O2S. The Hall–Kier alpha value is -0.600. The van der Waals surface area contributed by atoms with Crippen LogP contribution in [0.3, 0.4) is 0 Å². The molecule has 0 amide bonds. The van der Waals surface area contributed by atoms with Crippen molar-refractivity contribution in [2.45, 2.75) is 37.4 Å². The lowest BCUT2D eigenvalue weighted by molar-refractivity contribution is 0.479. The summed E-state index contributed by atoms with van der Waals surface area (Å²) in [6, 6.07) is 1.77. The SMILES string of the molecule is N#CCNS(=O)(=O)C1CCCCC1. The smallest absolute Gasteiger partial charge is 0.212 e. The first kappa shape index (κ1) is 10.5. The first-order valence-corrected chi connectivity index (χ1v) is 6.07. The van der Waals surface area contributed by atoms with E-state index in [4.69, 9.17) is 5.26 Å². The van der Waals surface area contributed by atoms with Crippen molar-refractivity contribution in [3.05, 3.63) is 0 Å². The lowest BCUT2D eigenvalue weighted by Crippen LogP contribution is -2.35. The Bertz CT molecular complexity index is 286. The molecule has 0 aromatic rings. The number of sulfonamides is 1. The van der Waals surface area contributed by atoms with Crippen LogP contribution < -0.4 is 4.72 Å². The van der Waals surface area contributed by atoms with Crippen LogP contribution in [0.2, 0.25) is 0 Å². The Kier molecular flexibility index (Phi) is 3.70. The van der Waals surface area contributed by atoms with Crippen molar-refractivity contribution in [1.82, 2.24) is 4.72 Å². The van der Waals surface area contributed by atoms with E-state index < -0.39 is 10.0 Å². The standard InChI is InChI=1S/C8H14N2O2S/c9-6-7-10-13(11,12)8-4-2-1-3-5-8/h8,10H,1-5,7H2. The Balaban J connectivity index is 2.53. The van der Waals surface area contributed by atoms with E-state index in [1.165, 1.54) is 0 Å². The highest BCUT2D eigenvalue weighted by Gasteiger charge is 2.26. The fraction of sp³-hybridized carbons (Fsp3) is 0.875. The molecule has 5 heteroatoms. The van der Waals surface area contributed by atoms with Gasteiger partial charge >= 0.3 is 0 Å². The predicted octanol–water partition coefficient (Wildman–Crippen LogP) is 0.762. The number of hydrogen-bond acceptors (Lipinski definition) is 3. The van der Waals surface area contributed by atoms with Crippen LogP contribution >= 0.6 is 0 Å². The second kappa shape index (κ2) is 4.58. The Morgan fingerprint density at radius 3 is 2.46 bits per heavy atom. The van der Waals surface area contributed by atoms with Gasteiger partial charge in [-0.1, -0.05) is 19.3 Å². The second-order valence-corrected chi connectivity index (χ2v) is 5.33. The molecular weight excluding hydrogens is 188 g/mol. The monoisotopic (exact) mass is 202 g/mol. The van der Waals surface area contributed by atoms with Crippen LogP contribution in [0.15, 0.2) is 0 Å². The van der Waals surface area contributed by atoms with Crippen molar-refractivity contribution in [3.63, 3.8) is 0 Å². The maximum absolute atomic E-state index is 11.5. The highest BCUT2D eigenvalue weighted by atomic mass is 32.2. The van der Waals surface area contributed by atoms with Crippen molar-refractivity contribution < 1.29 is 8.42 Å². The first-order valence-electron chi connectivity index (χ1n) is 4.52. The molecule has 74 valence electrons. The maximum Gasteiger partial charge on any atom is 0.215 e. The largest absolute Gasteiger partial charge is 0.215 e. The summed E-state index contributed by atoms with van der Waals surface area (Å²) in [6.45, 7) is -0.112. The van der Waals surface area contributed by atoms with E-state index in [0.29, 0.717) is 0 Å². The molecule has 0 aliphatic heterocycles. The van der Waals surface area contributed by atoms with Gasteiger partial charge in [0.25, 0.3) is 0 Å². The van der Waals surface area contributed by atoms with Crippen LogP contribution in [0.4, 0.5) is 0 Å². The number of nitrogens with zero attached hydrogens (tertiary/aromatic N) is 1. The topological polar surface area (TPSA) is 70.0 Å². The van der Waals surface area contributed by atoms with Gasteiger partial charge in [-0.15, -0.1) is 0 Å². The molecule has 0 bridgehead atoms. The fourth-order valence-electron chi connectivity index (χ4n) is 1.63. The molecule has 0 spiro atoms. The second-order valence-electron chi connectivity index (χ2n) is 3.28. The third-order valence-electron chi connectivity index (χ3n) is 2.34. The summed E-state index contributed by atoms with van der Waals surface area (Å²) in [5.74, 6) is 0. The van der Waals surface area contributed by atoms with E-state index in [0.717, 1.165) is 32.1 Å². The average Bonchev–Trinajstić information content (AvgIpc) is 2.16. The predicted molar refractivity (Wildman–Crippen MR) is 49.4 cm³/mol. The summed E-state index contributed by atoms with van der Waals surface area (Å²) in [7, 11) is -3.22. The van der Waals surface area contributed by atoms with E-state index >= 15 is 0 Å². The molecule has 1 saturated carbocycles. The van der Waals surface area contributed by atoms with Crippen molar-refractivity contribution in [2.24, 2.45) is 0 Å². The van der Waals surface area contributed by atoms with E-state index in [1.807, 2.05) is 0 Å². The van der Waals surface area contributed by atoms with E-state index in [-0.39, 0.29) is 11.8 Å². The molecule has 0 unspecified atom stereocenters. The molecule has 1 aliphatic rings. The third-order valence-corrected chi connectivity index (χ3v) is 4.24. The summed E-state index contributed by atoms with van der Waals surface area (Å²) in [5, 5.41) is 7.98. The van der Waals surface area contributed by atoms with Crippen LogP contribution in [-0.4, -0.2) is 20.2 Å². The number of rotatable bonds is 3. The molecule has 0 aromatic heterocycles. The van der Waals surface area contributed by atoms with Crippen LogP contribution in [0.5, 0.6) is 0 Å². The van der Waals surface area contributed by atoms with Crippen molar-refractivity contribution in [2.75, 3.05) is 6.54 Å². The quantitative estimate of drug-likeness (QED) is 0.687. The first-order chi connectivity index (χ1) is 6.17. The molecule has 1 fully saturated rings. The van der Waals surface area contributed by atoms with Crippen molar-refractivity contribution in [1.29, 1.82) is 5.26 Å². The van der Waals surface area contributed by atoms with Gasteiger partial charge in [-0.25, -0.2) is 13.1 Å². The highest BCUT2D eigenvalue weighted by Crippen LogP contribution is 2.22. The van der Waals surface area contributed by atoms with Gasteiger partial charge < -0.3 is 0 Å².